The van der Waals surface area contributed by atoms with Crippen LogP contribution in [0.3, 0.4) is 0 Å². The van der Waals surface area contributed by atoms with E-state index in [-0.39, 0.29) is 18.5 Å². The Bertz CT molecular complexity index is 556. The normalized spacial score (nSPS) is 16.7. The number of carbonyl (C=O) groups is 1. The van der Waals surface area contributed by atoms with Gasteiger partial charge in [0.05, 0.1) is 31.7 Å². The number of methoxy groups -OCH3 is 1. The van der Waals surface area contributed by atoms with Gasteiger partial charge in [0, 0.05) is 22.5 Å². The third kappa shape index (κ3) is 3.78. The second kappa shape index (κ2) is 6.50. The number of nitrogens with zero attached hydrogens (tertiary/aromatic N) is 1. The predicted molar refractivity (Wildman–Crippen MR) is 75.8 cm³/mol. The van der Waals surface area contributed by atoms with E-state index in [4.69, 9.17) is 9.47 Å². The molecule has 1 heterocycles. The first-order valence-corrected chi connectivity index (χ1v) is 7.03. The van der Waals surface area contributed by atoms with Crippen molar-refractivity contribution in [2.24, 2.45) is 0 Å². The molecular formula is C13H14BrNO6. The van der Waals surface area contributed by atoms with E-state index in [0.29, 0.717) is 23.2 Å². The molecule has 1 fully saturated rings. The van der Waals surface area contributed by atoms with E-state index in [9.17, 15) is 14.9 Å². The number of hydrogen-bond donors (Lipinski definition) is 0. The van der Waals surface area contributed by atoms with Crippen LogP contribution in [0.25, 0.3) is 0 Å². The molecule has 0 aliphatic carbocycles. The number of rotatable bonds is 5. The second-order valence-electron chi connectivity index (χ2n) is 4.57. The molecule has 0 unspecified atom stereocenters. The summed E-state index contributed by atoms with van der Waals surface area (Å²) >= 11 is 3.28. The maximum absolute atomic E-state index is 11.5. The predicted octanol–water partition coefficient (Wildman–Crippen LogP) is 2.21. The average molecular weight is 360 g/mol. The van der Waals surface area contributed by atoms with Crippen molar-refractivity contribution in [3.8, 4) is 0 Å². The topological polar surface area (TPSA) is 87.9 Å². The van der Waals surface area contributed by atoms with E-state index in [2.05, 4.69) is 20.7 Å². The van der Waals surface area contributed by atoms with E-state index in [0.717, 1.165) is 0 Å². The van der Waals surface area contributed by atoms with Crippen LogP contribution in [0.1, 0.15) is 12.0 Å². The lowest BCUT2D eigenvalue weighted by Gasteiger charge is -2.26. The fourth-order valence-corrected chi connectivity index (χ4v) is 2.63. The quantitative estimate of drug-likeness (QED) is 0.455. The highest BCUT2D eigenvalue weighted by molar-refractivity contribution is 9.10. The van der Waals surface area contributed by atoms with Crippen LogP contribution in [0, 0.1) is 10.1 Å². The summed E-state index contributed by atoms with van der Waals surface area (Å²) in [6.45, 7) is 0.664. The summed E-state index contributed by atoms with van der Waals surface area (Å²) in [6.07, 6.45) is -0.0228. The molecular weight excluding hydrogens is 346 g/mol. The molecule has 1 aromatic carbocycles. The number of benzene rings is 1. The molecule has 21 heavy (non-hydrogen) atoms. The van der Waals surface area contributed by atoms with Crippen LogP contribution in [0.5, 0.6) is 0 Å². The Kier molecular flexibility index (Phi) is 4.92. The van der Waals surface area contributed by atoms with E-state index in [1.54, 1.807) is 12.1 Å². The Hall–Kier alpha value is -1.51. The minimum absolute atomic E-state index is 0.0402. The third-order valence-electron chi connectivity index (χ3n) is 3.15. The van der Waals surface area contributed by atoms with Crippen molar-refractivity contribution >= 4 is 27.6 Å². The summed E-state index contributed by atoms with van der Waals surface area (Å²) in [7, 11) is 1.27. The van der Waals surface area contributed by atoms with Gasteiger partial charge in [0.1, 0.15) is 0 Å². The standard InChI is InChI=1S/C13H14BrNO6/c1-19-12(16)8-13(20-4-5-21-13)7-9-6-10(14)2-3-11(9)15(17)18/h2-3,6H,4-5,7-8H2,1H3. The zero-order valence-corrected chi connectivity index (χ0v) is 12.9. The van der Waals surface area contributed by atoms with E-state index in [1.165, 1.54) is 13.2 Å². The summed E-state index contributed by atoms with van der Waals surface area (Å²) < 4.78 is 16.4. The number of halogens is 1. The van der Waals surface area contributed by atoms with Crippen molar-refractivity contribution in [3.05, 3.63) is 38.3 Å². The lowest BCUT2D eigenvalue weighted by molar-refractivity contribution is -0.386. The molecule has 0 aromatic heterocycles. The van der Waals surface area contributed by atoms with Gasteiger partial charge >= 0.3 is 5.97 Å². The van der Waals surface area contributed by atoms with Gasteiger partial charge in [-0.25, -0.2) is 0 Å². The van der Waals surface area contributed by atoms with Crippen molar-refractivity contribution < 1.29 is 23.9 Å². The summed E-state index contributed by atoms with van der Waals surface area (Å²) in [4.78, 5) is 22.2. The van der Waals surface area contributed by atoms with Crippen molar-refractivity contribution in [3.63, 3.8) is 0 Å². The molecule has 1 aliphatic rings. The van der Waals surface area contributed by atoms with Gasteiger partial charge in [-0.15, -0.1) is 0 Å². The maximum Gasteiger partial charge on any atom is 0.311 e. The highest BCUT2D eigenvalue weighted by Crippen LogP contribution is 2.33. The minimum Gasteiger partial charge on any atom is -0.469 e. The molecule has 0 amide bonds. The molecule has 0 N–H and O–H groups in total. The maximum atomic E-state index is 11.5. The van der Waals surface area contributed by atoms with Gasteiger partial charge in [0.15, 0.2) is 5.79 Å². The van der Waals surface area contributed by atoms with E-state index in [1.807, 2.05) is 0 Å². The molecule has 1 aromatic rings. The fourth-order valence-electron chi connectivity index (χ4n) is 2.22. The Morgan fingerprint density at radius 1 is 1.48 bits per heavy atom. The summed E-state index contributed by atoms with van der Waals surface area (Å²) in [5.41, 5.74) is 0.390. The molecule has 2 rings (SSSR count). The monoisotopic (exact) mass is 359 g/mol. The summed E-state index contributed by atoms with van der Waals surface area (Å²) in [6, 6.07) is 4.62. The number of ether oxygens (including phenoxy) is 3. The van der Waals surface area contributed by atoms with E-state index >= 15 is 0 Å². The fraction of sp³-hybridized carbons (Fsp3) is 0.462. The van der Waals surface area contributed by atoms with Crippen LogP contribution in [0.4, 0.5) is 5.69 Å². The molecule has 0 bridgehead atoms. The van der Waals surface area contributed by atoms with Crippen LogP contribution in [-0.4, -0.2) is 37.0 Å². The van der Waals surface area contributed by atoms with Crippen LogP contribution in [-0.2, 0) is 25.4 Å². The molecule has 1 aliphatic heterocycles. The smallest absolute Gasteiger partial charge is 0.311 e. The van der Waals surface area contributed by atoms with Crippen LogP contribution in [0.15, 0.2) is 22.7 Å². The van der Waals surface area contributed by atoms with E-state index < -0.39 is 16.7 Å². The molecule has 0 radical (unpaired) electrons. The lowest BCUT2D eigenvalue weighted by Crippen LogP contribution is -2.36. The minimum atomic E-state index is -1.21. The number of carbonyl (C=O) groups excluding carboxylic acids is 1. The Morgan fingerprint density at radius 2 is 2.14 bits per heavy atom. The highest BCUT2D eigenvalue weighted by Gasteiger charge is 2.41. The van der Waals surface area contributed by atoms with Gasteiger partial charge in [0.25, 0.3) is 5.69 Å². The van der Waals surface area contributed by atoms with Gasteiger partial charge < -0.3 is 14.2 Å². The molecule has 1 saturated heterocycles. The summed E-state index contributed by atoms with van der Waals surface area (Å²) in [5, 5.41) is 11.1. The van der Waals surface area contributed by atoms with Crippen molar-refractivity contribution in [2.45, 2.75) is 18.6 Å². The Morgan fingerprint density at radius 3 is 2.71 bits per heavy atom. The van der Waals surface area contributed by atoms with Crippen LogP contribution in [0.2, 0.25) is 0 Å². The largest absolute Gasteiger partial charge is 0.469 e. The highest BCUT2D eigenvalue weighted by atomic mass is 79.9. The molecule has 8 heteroatoms. The molecule has 114 valence electrons. The van der Waals surface area contributed by atoms with Crippen molar-refractivity contribution in [2.75, 3.05) is 20.3 Å². The Labute approximate surface area is 129 Å². The van der Waals surface area contributed by atoms with Gasteiger partial charge in [-0.3, -0.25) is 14.9 Å². The first kappa shape index (κ1) is 15.9. The SMILES string of the molecule is COC(=O)CC1(Cc2cc(Br)ccc2[N+](=O)[O-])OCCO1. The third-order valence-corrected chi connectivity index (χ3v) is 3.65. The first-order chi connectivity index (χ1) is 9.96. The van der Waals surface area contributed by atoms with Gasteiger partial charge in [-0.05, 0) is 12.1 Å². The van der Waals surface area contributed by atoms with Crippen LogP contribution < -0.4 is 0 Å². The number of nitro benzene ring substituents is 1. The van der Waals surface area contributed by atoms with Gasteiger partial charge in [-0.1, -0.05) is 15.9 Å². The lowest BCUT2D eigenvalue weighted by atomic mass is 10.0. The van der Waals surface area contributed by atoms with Gasteiger partial charge in [0.2, 0.25) is 0 Å². The van der Waals surface area contributed by atoms with Crippen molar-refractivity contribution in [1.29, 1.82) is 0 Å². The first-order valence-electron chi connectivity index (χ1n) is 6.23. The zero-order chi connectivity index (χ0) is 15.5. The number of esters is 1. The van der Waals surface area contributed by atoms with Crippen LogP contribution >= 0.6 is 15.9 Å². The zero-order valence-electron chi connectivity index (χ0n) is 11.3. The number of nitro groups is 1. The molecule has 0 saturated carbocycles. The molecule has 0 spiro atoms. The average Bonchev–Trinajstić information content (AvgIpc) is 2.86. The second-order valence-corrected chi connectivity index (χ2v) is 5.48. The van der Waals surface area contributed by atoms with Crippen molar-refractivity contribution in [1.82, 2.24) is 0 Å². The van der Waals surface area contributed by atoms with Gasteiger partial charge in [-0.2, -0.15) is 0 Å². The molecule has 0 atom stereocenters. The summed E-state index contributed by atoms with van der Waals surface area (Å²) in [5.74, 6) is -1.70. The molecule has 7 nitrogen and oxygen atoms in total. The Balaban J connectivity index is 2.31. The number of hydrogen-bond acceptors (Lipinski definition) is 6.